The minimum atomic E-state index is -0.324. The maximum absolute atomic E-state index is 12.1. The van der Waals surface area contributed by atoms with Crippen LogP contribution in [0.15, 0.2) is 17.2 Å². The average Bonchev–Trinajstić information content (AvgIpc) is 2.42. The number of hydrogen-bond donors (Lipinski definition) is 2. The van der Waals surface area contributed by atoms with Gasteiger partial charge in [-0.15, -0.1) is 0 Å². The number of aryl methyl sites for hydroxylation is 2. The molecule has 6 heteroatoms. The van der Waals surface area contributed by atoms with Crippen molar-refractivity contribution < 1.29 is 14.3 Å². The predicted molar refractivity (Wildman–Crippen MR) is 75.9 cm³/mol. The first kappa shape index (κ1) is 14.0. The third-order valence-corrected chi connectivity index (χ3v) is 3.07. The second-order valence-corrected chi connectivity index (χ2v) is 4.71. The van der Waals surface area contributed by atoms with Crippen molar-refractivity contribution in [1.29, 1.82) is 0 Å². The van der Waals surface area contributed by atoms with E-state index in [4.69, 9.17) is 4.74 Å². The van der Waals surface area contributed by atoms with Gasteiger partial charge in [0.05, 0.1) is 12.8 Å². The number of carbonyl (C=O) groups is 2. The summed E-state index contributed by atoms with van der Waals surface area (Å²) in [5.74, 6) is 0.109. The van der Waals surface area contributed by atoms with Gasteiger partial charge in [-0.1, -0.05) is 6.07 Å². The fraction of sp³-hybridized carbons (Fsp3) is 0.357. The molecule has 0 bridgehead atoms. The Kier molecular flexibility index (Phi) is 4.02. The average molecular weight is 275 g/mol. The van der Waals surface area contributed by atoms with Crippen molar-refractivity contribution in [3.63, 3.8) is 0 Å². The molecule has 0 saturated carbocycles. The summed E-state index contributed by atoms with van der Waals surface area (Å²) in [6.45, 7) is 3.86. The number of rotatable bonds is 3. The van der Waals surface area contributed by atoms with E-state index in [-0.39, 0.29) is 18.2 Å². The Hall–Kier alpha value is -2.37. The first-order valence-corrected chi connectivity index (χ1v) is 6.33. The Labute approximate surface area is 117 Å². The van der Waals surface area contributed by atoms with Crippen molar-refractivity contribution in [2.75, 3.05) is 12.4 Å². The lowest BCUT2D eigenvalue weighted by molar-refractivity contribution is -0.121. The molecule has 0 fully saturated rings. The highest BCUT2D eigenvalue weighted by Gasteiger charge is 2.20. The molecule has 1 heterocycles. The van der Waals surface area contributed by atoms with Gasteiger partial charge in [-0.05, 0) is 31.0 Å². The van der Waals surface area contributed by atoms with Crippen LogP contribution in [0.4, 0.5) is 5.69 Å². The number of hydrogen-bond acceptors (Lipinski definition) is 4. The number of nitrogens with zero attached hydrogens (tertiary/aromatic N) is 1. The third kappa shape index (κ3) is 2.96. The fourth-order valence-corrected chi connectivity index (χ4v) is 2.07. The molecular weight excluding hydrogens is 258 g/mol. The Morgan fingerprint density at radius 2 is 2.10 bits per heavy atom. The fourth-order valence-electron chi connectivity index (χ4n) is 2.07. The van der Waals surface area contributed by atoms with E-state index in [0.29, 0.717) is 23.6 Å². The maximum Gasteiger partial charge on any atom is 0.271 e. The van der Waals surface area contributed by atoms with Crippen LogP contribution in [0.5, 0.6) is 5.75 Å². The Bertz CT molecular complexity index is 594. The molecule has 1 aromatic carbocycles. The van der Waals surface area contributed by atoms with Gasteiger partial charge >= 0.3 is 0 Å². The van der Waals surface area contributed by atoms with Crippen LogP contribution in [0.2, 0.25) is 0 Å². The molecule has 20 heavy (non-hydrogen) atoms. The maximum atomic E-state index is 12.1. The summed E-state index contributed by atoms with van der Waals surface area (Å²) in [6.07, 6.45) is 0.612. The van der Waals surface area contributed by atoms with Gasteiger partial charge in [0.2, 0.25) is 5.91 Å². The number of nitrogens with one attached hydrogen (secondary N) is 2. The Balaban J connectivity index is 2.22. The van der Waals surface area contributed by atoms with Crippen molar-refractivity contribution in [3.05, 3.63) is 23.3 Å². The lowest BCUT2D eigenvalue weighted by Gasteiger charge is -2.16. The zero-order valence-corrected chi connectivity index (χ0v) is 11.7. The number of ether oxygens (including phenoxy) is 1. The van der Waals surface area contributed by atoms with E-state index < -0.39 is 0 Å². The number of methoxy groups -OCH3 is 1. The molecule has 0 spiro atoms. The molecule has 0 atom stereocenters. The molecule has 2 rings (SSSR count). The molecular formula is C14H17N3O3. The summed E-state index contributed by atoms with van der Waals surface area (Å²) in [5, 5.41) is 6.57. The molecule has 0 aliphatic carbocycles. The first-order chi connectivity index (χ1) is 9.51. The van der Waals surface area contributed by atoms with Gasteiger partial charge in [0, 0.05) is 12.8 Å². The highest BCUT2D eigenvalue weighted by Crippen LogP contribution is 2.29. The van der Waals surface area contributed by atoms with Crippen LogP contribution in [0.25, 0.3) is 0 Å². The molecule has 2 amide bonds. The molecule has 0 aromatic heterocycles. The van der Waals surface area contributed by atoms with Crippen LogP contribution >= 0.6 is 0 Å². The Morgan fingerprint density at radius 3 is 2.70 bits per heavy atom. The number of hydrazone groups is 1. The van der Waals surface area contributed by atoms with Crippen molar-refractivity contribution in [1.82, 2.24) is 5.43 Å². The van der Waals surface area contributed by atoms with Crippen LogP contribution in [-0.2, 0) is 9.59 Å². The zero-order chi connectivity index (χ0) is 14.7. The smallest absolute Gasteiger partial charge is 0.271 e. The van der Waals surface area contributed by atoms with Crippen molar-refractivity contribution in [3.8, 4) is 5.75 Å². The zero-order valence-electron chi connectivity index (χ0n) is 11.7. The van der Waals surface area contributed by atoms with Crippen LogP contribution in [0.1, 0.15) is 24.0 Å². The van der Waals surface area contributed by atoms with Crippen LogP contribution in [0, 0.1) is 13.8 Å². The van der Waals surface area contributed by atoms with E-state index in [0.717, 1.165) is 11.1 Å². The summed E-state index contributed by atoms with van der Waals surface area (Å²) in [5.41, 5.74) is 5.22. The van der Waals surface area contributed by atoms with E-state index in [1.165, 1.54) is 0 Å². The first-order valence-electron chi connectivity index (χ1n) is 6.33. The van der Waals surface area contributed by atoms with Gasteiger partial charge < -0.3 is 10.1 Å². The summed E-state index contributed by atoms with van der Waals surface area (Å²) in [6, 6.07) is 3.82. The normalized spacial score (nSPS) is 14.3. The summed E-state index contributed by atoms with van der Waals surface area (Å²) < 4.78 is 5.29. The topological polar surface area (TPSA) is 79.8 Å². The predicted octanol–water partition coefficient (Wildman–Crippen LogP) is 1.52. The minimum absolute atomic E-state index is 0.175. The van der Waals surface area contributed by atoms with Crippen molar-refractivity contribution in [2.24, 2.45) is 5.10 Å². The monoisotopic (exact) mass is 275 g/mol. The standard InChI is InChI=1S/C14H17N3O3/c1-8-6-9(2)13(11(7-8)20-3)15-14(19)10-4-5-12(18)17-16-10/h6-7H,4-5H2,1-3H3,(H,15,19)(H,17,18). The van der Waals surface area contributed by atoms with E-state index in [9.17, 15) is 9.59 Å². The second kappa shape index (κ2) is 5.73. The summed E-state index contributed by atoms with van der Waals surface area (Å²) >= 11 is 0. The quantitative estimate of drug-likeness (QED) is 0.877. The number of amides is 2. The summed E-state index contributed by atoms with van der Waals surface area (Å²) in [4.78, 5) is 23.1. The molecule has 6 nitrogen and oxygen atoms in total. The van der Waals surface area contributed by atoms with Crippen LogP contribution in [0.3, 0.4) is 0 Å². The van der Waals surface area contributed by atoms with Crippen LogP contribution < -0.4 is 15.5 Å². The van der Waals surface area contributed by atoms with Crippen molar-refractivity contribution >= 4 is 23.2 Å². The molecule has 0 radical (unpaired) electrons. The van der Waals surface area contributed by atoms with Crippen molar-refractivity contribution in [2.45, 2.75) is 26.7 Å². The SMILES string of the molecule is COc1cc(C)cc(C)c1NC(=O)C1=NNC(=O)CC1. The van der Waals surface area contributed by atoms with Gasteiger partial charge in [-0.2, -0.15) is 5.10 Å². The highest BCUT2D eigenvalue weighted by molar-refractivity contribution is 6.43. The Morgan fingerprint density at radius 1 is 1.35 bits per heavy atom. The van der Waals surface area contributed by atoms with E-state index in [1.807, 2.05) is 26.0 Å². The number of anilines is 1. The molecule has 0 unspecified atom stereocenters. The van der Waals surface area contributed by atoms with E-state index in [2.05, 4.69) is 15.8 Å². The van der Waals surface area contributed by atoms with Crippen LogP contribution in [-0.4, -0.2) is 24.6 Å². The largest absolute Gasteiger partial charge is 0.495 e. The third-order valence-electron chi connectivity index (χ3n) is 3.07. The molecule has 106 valence electrons. The highest BCUT2D eigenvalue weighted by atomic mass is 16.5. The lowest BCUT2D eigenvalue weighted by Crippen LogP contribution is -2.33. The van der Waals surface area contributed by atoms with E-state index in [1.54, 1.807) is 7.11 Å². The van der Waals surface area contributed by atoms with Gasteiger partial charge in [-0.3, -0.25) is 9.59 Å². The lowest BCUT2D eigenvalue weighted by atomic mass is 10.1. The number of benzene rings is 1. The molecule has 1 aliphatic heterocycles. The molecule has 1 aliphatic rings. The van der Waals surface area contributed by atoms with Gasteiger partial charge in [0.1, 0.15) is 11.5 Å². The van der Waals surface area contributed by atoms with Gasteiger partial charge in [-0.25, -0.2) is 5.43 Å². The molecule has 2 N–H and O–H groups in total. The van der Waals surface area contributed by atoms with Gasteiger partial charge in [0.15, 0.2) is 0 Å². The molecule has 1 aromatic rings. The number of carbonyl (C=O) groups excluding carboxylic acids is 2. The minimum Gasteiger partial charge on any atom is -0.495 e. The summed E-state index contributed by atoms with van der Waals surface area (Å²) in [7, 11) is 1.56. The second-order valence-electron chi connectivity index (χ2n) is 4.71. The van der Waals surface area contributed by atoms with Gasteiger partial charge in [0.25, 0.3) is 5.91 Å². The molecule has 0 saturated heterocycles. The van der Waals surface area contributed by atoms with E-state index >= 15 is 0 Å².